The van der Waals surface area contributed by atoms with Gasteiger partial charge in [-0.25, -0.2) is 9.67 Å². The van der Waals surface area contributed by atoms with Gasteiger partial charge in [0.2, 0.25) is 0 Å². The van der Waals surface area contributed by atoms with Crippen LogP contribution in [0, 0.1) is 5.41 Å². The smallest absolute Gasteiger partial charge is 0.296 e. The average molecular weight is 476 g/mol. The monoisotopic (exact) mass is 476 g/mol. The molecule has 2 aromatic heterocycles. The molecule has 0 atom stereocenters. The van der Waals surface area contributed by atoms with Crippen LogP contribution in [0.15, 0.2) is 79.1 Å². The molecule has 0 unspecified atom stereocenters. The average Bonchev–Trinajstić information content (AvgIpc) is 3.29. The largest absolute Gasteiger partial charge is 0.435 e. The number of pyridine rings is 1. The topological polar surface area (TPSA) is 71.2 Å². The van der Waals surface area contributed by atoms with E-state index in [1.165, 1.54) is 11.5 Å². The van der Waals surface area contributed by atoms with Crippen molar-refractivity contribution < 1.29 is 31.7 Å². The van der Waals surface area contributed by atoms with E-state index in [2.05, 4.69) is 10.1 Å². The maximum Gasteiger partial charge on any atom is 0.435 e. The van der Waals surface area contributed by atoms with Gasteiger partial charge in [-0.15, -0.1) is 0 Å². The number of rotatable bonds is 5. The van der Waals surface area contributed by atoms with E-state index in [-0.39, 0.29) is 0 Å². The van der Waals surface area contributed by atoms with Crippen LogP contribution in [0.4, 0.5) is 32.0 Å². The van der Waals surface area contributed by atoms with Crippen molar-refractivity contribution in [2.75, 3.05) is 0 Å². The summed E-state index contributed by atoms with van der Waals surface area (Å²) in [5.41, 5.74) is 0.325. The first-order chi connectivity index (χ1) is 16.0. The summed E-state index contributed by atoms with van der Waals surface area (Å²) in [5.74, 6) is 0. The second-order valence-corrected chi connectivity index (χ2v) is 7.24. The number of nitrogens with one attached hydrogen (secondary N) is 1. The number of quaternary nitrogens is 1. The van der Waals surface area contributed by atoms with Crippen molar-refractivity contribution >= 4 is 22.3 Å². The molecule has 4 rings (SSSR count). The van der Waals surface area contributed by atoms with E-state index < -0.39 is 23.8 Å². The molecular formula is C23H16F6N5+. The van der Waals surface area contributed by atoms with Crippen LogP contribution in [0.5, 0.6) is 0 Å². The second-order valence-electron chi connectivity index (χ2n) is 7.24. The number of benzene rings is 2. The Labute approximate surface area is 188 Å². The normalized spacial score (nSPS) is 12.5. The van der Waals surface area contributed by atoms with Gasteiger partial charge in [-0.05, 0) is 30.3 Å². The Morgan fingerprint density at radius 2 is 1.65 bits per heavy atom. The van der Waals surface area contributed by atoms with E-state index in [1.807, 2.05) is 0 Å². The SMILES string of the molecule is N=C(/C=C\[NH2+]c1cc(-c2ccc(-n3ccc(C(F)(F)F)n3)cc2)nc2ccccc12)C(F)(F)F. The van der Waals surface area contributed by atoms with Gasteiger partial charge in [0.25, 0.3) is 0 Å². The molecule has 0 spiro atoms. The number of nitrogens with zero attached hydrogens (tertiary/aromatic N) is 3. The Kier molecular flexibility index (Phi) is 5.96. The molecule has 2 heterocycles. The Balaban J connectivity index is 1.65. The number of halogens is 6. The maximum atomic E-state index is 12.8. The minimum Gasteiger partial charge on any atom is -0.296 e. The molecule has 0 radical (unpaired) electrons. The molecule has 0 amide bonds. The minimum absolute atomic E-state index is 0.417. The van der Waals surface area contributed by atoms with E-state index in [4.69, 9.17) is 5.41 Å². The Morgan fingerprint density at radius 1 is 0.941 bits per heavy atom. The molecular weight excluding hydrogens is 460 g/mol. The molecule has 0 saturated carbocycles. The van der Waals surface area contributed by atoms with E-state index >= 15 is 0 Å². The molecule has 4 aromatic rings. The first kappa shape index (κ1) is 23.2. The minimum atomic E-state index is -4.73. The Hall–Kier alpha value is -3.99. The number of para-hydroxylation sites is 1. The van der Waals surface area contributed by atoms with Crippen molar-refractivity contribution in [2.24, 2.45) is 0 Å². The number of allylic oxidation sites excluding steroid dienone is 1. The van der Waals surface area contributed by atoms with Crippen molar-refractivity contribution in [3.63, 3.8) is 0 Å². The van der Waals surface area contributed by atoms with E-state index in [0.717, 1.165) is 16.9 Å². The number of alkyl halides is 6. The van der Waals surface area contributed by atoms with Gasteiger partial charge in [0, 0.05) is 23.9 Å². The lowest BCUT2D eigenvalue weighted by molar-refractivity contribution is -0.494. The van der Waals surface area contributed by atoms with Gasteiger partial charge in [0.15, 0.2) is 5.69 Å². The fourth-order valence-corrected chi connectivity index (χ4v) is 3.23. The summed E-state index contributed by atoms with van der Waals surface area (Å²) in [5, 5.41) is 12.8. The van der Waals surface area contributed by atoms with Crippen LogP contribution >= 0.6 is 0 Å². The van der Waals surface area contributed by atoms with Crippen LogP contribution in [0.3, 0.4) is 0 Å². The zero-order valence-corrected chi connectivity index (χ0v) is 17.2. The number of aromatic nitrogens is 3. The third-order valence-electron chi connectivity index (χ3n) is 4.90. The van der Waals surface area contributed by atoms with Crippen LogP contribution in [0.25, 0.3) is 27.8 Å². The standard InChI is InChI=1S/C23H15F6N5/c24-22(25,26)20(30)9-11-31-19-13-18(32-17-4-2-1-3-16(17)19)14-5-7-15(8-6-14)34-12-10-21(33-34)23(27,28)29/h1-13,30H,(H,31,32)/p+1/b11-9-,30-20?. The molecule has 0 bridgehead atoms. The van der Waals surface area contributed by atoms with Crippen LogP contribution in [-0.4, -0.2) is 26.7 Å². The zero-order chi connectivity index (χ0) is 24.5. The van der Waals surface area contributed by atoms with Crippen LogP contribution < -0.4 is 5.32 Å². The maximum absolute atomic E-state index is 12.8. The van der Waals surface area contributed by atoms with Gasteiger partial charge in [-0.2, -0.15) is 31.4 Å². The van der Waals surface area contributed by atoms with Crippen LogP contribution in [0.2, 0.25) is 0 Å². The lowest BCUT2D eigenvalue weighted by Crippen LogP contribution is -2.71. The highest BCUT2D eigenvalue weighted by Gasteiger charge is 2.34. The van der Waals surface area contributed by atoms with Crippen molar-refractivity contribution in [1.82, 2.24) is 14.8 Å². The molecule has 0 aliphatic rings. The highest BCUT2D eigenvalue weighted by atomic mass is 19.4. The highest BCUT2D eigenvalue weighted by Crippen LogP contribution is 2.29. The first-order valence-corrected chi connectivity index (χ1v) is 9.83. The third kappa shape index (κ3) is 4.99. The highest BCUT2D eigenvalue weighted by molar-refractivity contribution is 5.96. The molecule has 11 heteroatoms. The number of nitrogens with two attached hydrogens (primary N) is 1. The van der Waals surface area contributed by atoms with Crippen LogP contribution in [-0.2, 0) is 6.18 Å². The van der Waals surface area contributed by atoms with Gasteiger partial charge in [0.1, 0.15) is 11.4 Å². The zero-order valence-electron chi connectivity index (χ0n) is 17.2. The van der Waals surface area contributed by atoms with Gasteiger partial charge < -0.3 is 0 Å². The molecule has 34 heavy (non-hydrogen) atoms. The fourth-order valence-electron chi connectivity index (χ4n) is 3.23. The Morgan fingerprint density at radius 3 is 2.29 bits per heavy atom. The van der Waals surface area contributed by atoms with Crippen LogP contribution in [0.1, 0.15) is 5.69 Å². The van der Waals surface area contributed by atoms with Crippen molar-refractivity contribution in [3.05, 3.63) is 84.8 Å². The molecule has 5 nitrogen and oxygen atoms in total. The summed E-state index contributed by atoms with van der Waals surface area (Å²) in [7, 11) is 0. The number of hydrogen-bond donors (Lipinski definition) is 2. The molecule has 174 valence electrons. The predicted molar refractivity (Wildman–Crippen MR) is 114 cm³/mol. The predicted octanol–water partition coefficient (Wildman–Crippen LogP) is 5.40. The fraction of sp³-hybridized carbons (Fsp3) is 0.0870. The summed E-state index contributed by atoms with van der Waals surface area (Å²) in [6.07, 6.45) is -6.24. The van der Waals surface area contributed by atoms with E-state index in [9.17, 15) is 26.3 Å². The van der Waals surface area contributed by atoms with Gasteiger partial charge in [-0.3, -0.25) is 10.7 Å². The summed E-state index contributed by atoms with van der Waals surface area (Å²) >= 11 is 0. The van der Waals surface area contributed by atoms with Gasteiger partial charge in [-0.1, -0.05) is 24.3 Å². The summed E-state index contributed by atoms with van der Waals surface area (Å²) in [4.78, 5) is 4.59. The lowest BCUT2D eigenvalue weighted by Gasteiger charge is -2.08. The number of fused-ring (bicyclic) bond motifs is 1. The number of hydrogen-bond acceptors (Lipinski definition) is 3. The molecule has 3 N–H and O–H groups in total. The third-order valence-corrected chi connectivity index (χ3v) is 4.90. The molecule has 0 aliphatic heterocycles. The summed E-state index contributed by atoms with van der Waals surface area (Å²) in [6, 6.07) is 16.2. The van der Waals surface area contributed by atoms with Crippen molar-refractivity contribution in [2.45, 2.75) is 12.4 Å². The van der Waals surface area contributed by atoms with Gasteiger partial charge >= 0.3 is 12.4 Å². The van der Waals surface area contributed by atoms with Crippen molar-refractivity contribution in [1.29, 1.82) is 5.41 Å². The second kappa shape index (κ2) is 8.75. The van der Waals surface area contributed by atoms with E-state index in [0.29, 0.717) is 39.6 Å². The molecule has 0 fully saturated rings. The summed E-state index contributed by atoms with van der Waals surface area (Å²) in [6.45, 7) is 0. The Bertz CT molecular complexity index is 1370. The van der Waals surface area contributed by atoms with Gasteiger partial charge in [0.05, 0.1) is 28.5 Å². The van der Waals surface area contributed by atoms with Crippen molar-refractivity contribution in [3.8, 4) is 16.9 Å². The molecule has 0 aliphatic carbocycles. The first-order valence-electron chi connectivity index (χ1n) is 9.83. The van der Waals surface area contributed by atoms with E-state index in [1.54, 1.807) is 54.6 Å². The quantitative estimate of drug-likeness (QED) is 0.299. The summed E-state index contributed by atoms with van der Waals surface area (Å²) < 4.78 is 77.2. The molecule has 0 saturated heterocycles. The lowest BCUT2D eigenvalue weighted by atomic mass is 10.1. The molecule has 2 aromatic carbocycles.